The van der Waals surface area contributed by atoms with Gasteiger partial charge in [-0.2, -0.15) is 0 Å². The van der Waals surface area contributed by atoms with Crippen molar-refractivity contribution in [1.82, 2.24) is 10.2 Å². The van der Waals surface area contributed by atoms with E-state index >= 15 is 0 Å². The molecule has 0 radical (unpaired) electrons. The minimum Gasteiger partial charge on any atom is -0.464 e. The van der Waals surface area contributed by atoms with Gasteiger partial charge in [0, 0.05) is 25.5 Å². The van der Waals surface area contributed by atoms with E-state index in [0.29, 0.717) is 19.4 Å². The molecule has 2 N–H and O–H groups in total. The summed E-state index contributed by atoms with van der Waals surface area (Å²) >= 11 is 0. The van der Waals surface area contributed by atoms with Gasteiger partial charge in [-0.05, 0) is 47.0 Å². The van der Waals surface area contributed by atoms with Crippen LogP contribution in [0, 0.1) is 11.8 Å². The lowest BCUT2D eigenvalue weighted by Crippen LogP contribution is -2.54. The monoisotopic (exact) mass is 494 g/mol. The quantitative estimate of drug-likeness (QED) is 0.439. The molecule has 2 amide bonds. The topological polar surface area (TPSA) is 131 Å². The summed E-state index contributed by atoms with van der Waals surface area (Å²) in [5.41, 5.74) is -1.87. The number of aliphatic hydroxyl groups is 1. The average Bonchev–Trinajstić information content (AvgIpc) is 3.30. The van der Waals surface area contributed by atoms with Crippen molar-refractivity contribution in [2.24, 2.45) is 11.8 Å². The third-order valence-corrected chi connectivity index (χ3v) is 6.46. The van der Waals surface area contributed by atoms with E-state index in [1.54, 1.807) is 27.7 Å². The number of carbonyl (C=O) groups is 4. The van der Waals surface area contributed by atoms with Gasteiger partial charge in [-0.15, -0.1) is 0 Å². The Morgan fingerprint density at radius 3 is 2.71 bits per heavy atom. The summed E-state index contributed by atoms with van der Waals surface area (Å²) in [6.07, 6.45) is 4.08. The number of hydrogen-bond acceptors (Lipinski definition) is 8. The maximum Gasteiger partial charge on any atom is 0.332 e. The van der Waals surface area contributed by atoms with Crippen molar-refractivity contribution in [2.75, 3.05) is 26.4 Å². The van der Waals surface area contributed by atoms with Crippen LogP contribution in [-0.4, -0.2) is 83.4 Å². The first-order chi connectivity index (χ1) is 16.5. The largest absolute Gasteiger partial charge is 0.464 e. The van der Waals surface area contributed by atoms with Crippen LogP contribution >= 0.6 is 0 Å². The van der Waals surface area contributed by atoms with Gasteiger partial charge in [-0.1, -0.05) is 12.2 Å². The highest BCUT2D eigenvalue weighted by Crippen LogP contribution is 2.46. The molecule has 10 heteroatoms. The Balaban J connectivity index is 1.84. The van der Waals surface area contributed by atoms with E-state index in [1.807, 2.05) is 12.2 Å². The summed E-state index contributed by atoms with van der Waals surface area (Å²) in [4.78, 5) is 53.4. The van der Waals surface area contributed by atoms with E-state index in [9.17, 15) is 24.3 Å². The van der Waals surface area contributed by atoms with Crippen molar-refractivity contribution in [3.63, 3.8) is 0 Å². The number of esters is 2. The number of hydrogen-bond donors (Lipinski definition) is 2. The molecule has 3 rings (SSSR count). The van der Waals surface area contributed by atoms with Gasteiger partial charge in [-0.25, -0.2) is 4.79 Å². The van der Waals surface area contributed by atoms with Crippen molar-refractivity contribution < 1.29 is 38.5 Å². The van der Waals surface area contributed by atoms with Crippen molar-refractivity contribution in [3.05, 3.63) is 12.2 Å². The summed E-state index contributed by atoms with van der Waals surface area (Å²) in [6.45, 7) is 7.78. The Morgan fingerprint density at radius 1 is 1.29 bits per heavy atom. The molecular formula is C25H38N2O8. The molecule has 1 saturated heterocycles. The Labute approximate surface area is 206 Å². The van der Waals surface area contributed by atoms with Gasteiger partial charge in [0.25, 0.3) is 0 Å². The fraction of sp³-hybridized carbons (Fsp3) is 0.760. The summed E-state index contributed by atoms with van der Waals surface area (Å²) in [7, 11) is 0. The highest BCUT2D eigenvalue weighted by molar-refractivity contribution is 5.96. The standard InChI is InChI=1S/C25H38N2O8/c1-5-34-23(32)25-14-17(25)8-6-7-10-33-11-9-16(12-20(29)35-24(2,3)4)22(31)27-15-18(28)13-19(27)21(30)26-25/h6,8,16-19,28H,5,7,9-15H2,1-4H3,(H,26,30)/b8-6-/t16-,17-,18-,19+,25-/m1/s1. The number of nitrogens with one attached hydrogen (secondary N) is 1. The fourth-order valence-electron chi connectivity index (χ4n) is 4.69. The van der Waals surface area contributed by atoms with E-state index in [2.05, 4.69) is 5.32 Å². The van der Waals surface area contributed by atoms with Gasteiger partial charge in [0.15, 0.2) is 0 Å². The molecule has 0 unspecified atom stereocenters. The number of amides is 2. The molecule has 1 saturated carbocycles. The average molecular weight is 495 g/mol. The summed E-state index contributed by atoms with van der Waals surface area (Å²) in [5.74, 6) is -2.94. The second-order valence-corrected chi connectivity index (χ2v) is 10.5. The van der Waals surface area contributed by atoms with E-state index in [1.165, 1.54) is 4.90 Å². The fourth-order valence-corrected chi connectivity index (χ4v) is 4.69. The molecular weight excluding hydrogens is 456 g/mol. The molecule has 0 aromatic rings. The van der Waals surface area contributed by atoms with E-state index in [4.69, 9.17) is 14.2 Å². The van der Waals surface area contributed by atoms with Crippen molar-refractivity contribution >= 4 is 23.8 Å². The van der Waals surface area contributed by atoms with E-state index < -0.39 is 53.0 Å². The SMILES string of the molecule is CCOC(=O)[C@@]12C[C@H]1/C=C\CCOCC[C@H](CC(=O)OC(C)(C)C)C(=O)N1C[C@H](O)C[C@H]1C(=O)N2. The van der Waals surface area contributed by atoms with Crippen molar-refractivity contribution in [1.29, 1.82) is 0 Å². The normalized spacial score (nSPS) is 32.9. The number of ether oxygens (including phenoxy) is 3. The van der Waals surface area contributed by atoms with Gasteiger partial charge in [0.05, 0.1) is 31.7 Å². The molecule has 35 heavy (non-hydrogen) atoms. The predicted molar refractivity (Wildman–Crippen MR) is 125 cm³/mol. The maximum absolute atomic E-state index is 13.5. The molecule has 0 aromatic carbocycles. The zero-order chi connectivity index (χ0) is 25.8. The summed E-state index contributed by atoms with van der Waals surface area (Å²) < 4.78 is 16.3. The van der Waals surface area contributed by atoms with Crippen LogP contribution in [-0.2, 0) is 33.4 Å². The summed E-state index contributed by atoms with van der Waals surface area (Å²) in [5, 5.41) is 13.1. The summed E-state index contributed by atoms with van der Waals surface area (Å²) in [6, 6.07) is -0.957. The van der Waals surface area contributed by atoms with Gasteiger partial charge >= 0.3 is 11.9 Å². The Hall–Kier alpha value is -2.46. The molecule has 2 aliphatic heterocycles. The molecule has 0 aromatic heterocycles. The van der Waals surface area contributed by atoms with Crippen molar-refractivity contribution in [2.45, 2.75) is 83.1 Å². The van der Waals surface area contributed by atoms with Crippen LogP contribution in [0.15, 0.2) is 12.2 Å². The van der Waals surface area contributed by atoms with E-state index in [0.717, 1.165) is 0 Å². The highest BCUT2D eigenvalue weighted by atomic mass is 16.6. The Kier molecular flexibility index (Phi) is 8.58. The molecule has 0 bridgehead atoms. The minimum absolute atomic E-state index is 0.0294. The number of aliphatic hydroxyl groups excluding tert-OH is 1. The lowest BCUT2D eigenvalue weighted by atomic mass is 9.99. The third kappa shape index (κ3) is 6.82. The van der Waals surface area contributed by atoms with Crippen LogP contribution in [0.25, 0.3) is 0 Å². The molecule has 2 fully saturated rings. The molecule has 3 aliphatic rings. The Morgan fingerprint density at radius 2 is 2.03 bits per heavy atom. The molecule has 10 nitrogen and oxygen atoms in total. The van der Waals surface area contributed by atoms with E-state index in [-0.39, 0.29) is 44.9 Å². The Bertz CT molecular complexity index is 851. The van der Waals surface area contributed by atoms with Crippen molar-refractivity contribution in [3.8, 4) is 0 Å². The van der Waals surface area contributed by atoms with Crippen LogP contribution in [0.2, 0.25) is 0 Å². The molecule has 1 aliphatic carbocycles. The van der Waals surface area contributed by atoms with Gasteiger partial charge in [0.1, 0.15) is 17.2 Å². The number of nitrogens with zero attached hydrogens (tertiary/aromatic N) is 1. The van der Waals surface area contributed by atoms with Gasteiger partial charge < -0.3 is 29.5 Å². The second-order valence-electron chi connectivity index (χ2n) is 10.5. The van der Waals surface area contributed by atoms with Crippen LogP contribution in [0.1, 0.15) is 59.8 Å². The first kappa shape index (κ1) is 27.1. The second kappa shape index (κ2) is 11.1. The number of fused-ring (bicyclic) bond motifs is 2. The third-order valence-electron chi connectivity index (χ3n) is 6.46. The molecule has 196 valence electrons. The van der Waals surface area contributed by atoms with Crippen LogP contribution in [0.4, 0.5) is 0 Å². The zero-order valence-electron chi connectivity index (χ0n) is 21.1. The molecule has 2 heterocycles. The van der Waals surface area contributed by atoms with Gasteiger partial charge in [-0.3, -0.25) is 14.4 Å². The van der Waals surface area contributed by atoms with Gasteiger partial charge in [0.2, 0.25) is 11.8 Å². The van der Waals surface area contributed by atoms with Crippen LogP contribution < -0.4 is 5.32 Å². The zero-order valence-corrected chi connectivity index (χ0v) is 21.1. The lowest BCUT2D eigenvalue weighted by Gasteiger charge is -2.29. The number of rotatable bonds is 4. The lowest BCUT2D eigenvalue weighted by molar-refractivity contribution is -0.159. The highest BCUT2D eigenvalue weighted by Gasteiger charge is 2.62. The van der Waals surface area contributed by atoms with Crippen LogP contribution in [0.3, 0.4) is 0 Å². The van der Waals surface area contributed by atoms with Crippen LogP contribution in [0.5, 0.6) is 0 Å². The molecule has 0 spiro atoms. The first-order valence-electron chi connectivity index (χ1n) is 12.4. The minimum atomic E-state index is -1.18. The molecule has 5 atom stereocenters. The predicted octanol–water partition coefficient (Wildman–Crippen LogP) is 1.10. The first-order valence-corrected chi connectivity index (χ1v) is 12.4. The smallest absolute Gasteiger partial charge is 0.332 e. The maximum atomic E-state index is 13.5. The number of carbonyl (C=O) groups excluding carboxylic acids is 4.